The summed E-state index contributed by atoms with van der Waals surface area (Å²) >= 11 is 0. The summed E-state index contributed by atoms with van der Waals surface area (Å²) < 4.78 is 46.3. The number of aliphatic hydroxyl groups is 1. The zero-order valence-corrected chi connectivity index (χ0v) is 23.8. The van der Waals surface area contributed by atoms with E-state index < -0.39 is 24.0 Å². The van der Waals surface area contributed by atoms with Crippen LogP contribution in [0.15, 0.2) is 36.5 Å². The Morgan fingerprint density at radius 3 is 2.51 bits per heavy atom. The van der Waals surface area contributed by atoms with Crippen LogP contribution in [0.3, 0.4) is 0 Å². The second-order valence-corrected chi connectivity index (χ2v) is 12.0. The Morgan fingerprint density at radius 2 is 1.86 bits per heavy atom. The van der Waals surface area contributed by atoms with Crippen molar-refractivity contribution in [1.82, 2.24) is 24.7 Å². The first-order chi connectivity index (χ1) is 20.3. The molecule has 228 valence electrons. The number of aromatic nitrogens is 4. The maximum absolute atomic E-state index is 13.8. The van der Waals surface area contributed by atoms with Crippen LogP contribution in [-0.2, 0) is 0 Å². The number of nitrogens with one attached hydrogen (secondary N) is 1. The van der Waals surface area contributed by atoms with Crippen molar-refractivity contribution in [3.63, 3.8) is 0 Å². The number of rotatable bonds is 10. The van der Waals surface area contributed by atoms with E-state index >= 15 is 0 Å². The van der Waals surface area contributed by atoms with Gasteiger partial charge < -0.3 is 30.4 Å². The predicted molar refractivity (Wildman–Crippen MR) is 150 cm³/mol. The highest BCUT2D eigenvalue weighted by Gasteiger charge is 2.54. The zero-order valence-electron chi connectivity index (χ0n) is 23.8. The molecule has 3 heterocycles. The first kappa shape index (κ1) is 28.6. The van der Waals surface area contributed by atoms with Gasteiger partial charge in [-0.15, -0.1) is 5.10 Å². The Bertz CT molecular complexity index is 1710. The maximum Gasteiger partial charge on any atom is 0.333 e. The lowest BCUT2D eigenvalue weighted by molar-refractivity contribution is -0.0848. The van der Waals surface area contributed by atoms with Crippen LogP contribution in [-0.4, -0.2) is 67.8 Å². The minimum absolute atomic E-state index is 0.0188. The van der Waals surface area contributed by atoms with E-state index in [0.717, 1.165) is 0 Å². The SMILES string of the molecule is COc1ccc2c(C(N)=O)c(O[C@H]3CC4(C[C@H](NC(=O)c5nn(C(F)F)c6cc(OCC(C)(C)O)ccc56)C4)C3)nn2c1. The standard InChI is InChI=1S/C29H32F2N6O6/c1-28(2,40)14-42-16-4-6-19-21(8-16)37(27(30)31)34-23(19)25(39)33-15-9-29(10-15)11-18(12-29)43-26-22(24(32)38)20-7-5-17(41-3)13-36(20)35-26/h4-8,13,15,18,27,40H,9-12,14H2,1-3H3,(H2,32,38)(H,33,39)/t15-,18-,29?. The average Bonchev–Trinajstić information content (AvgIpc) is 3.46. The summed E-state index contributed by atoms with van der Waals surface area (Å²) in [5.41, 5.74) is 5.17. The zero-order chi connectivity index (χ0) is 30.7. The van der Waals surface area contributed by atoms with Crippen molar-refractivity contribution in [3.05, 3.63) is 47.8 Å². The van der Waals surface area contributed by atoms with E-state index in [1.165, 1.54) is 23.8 Å². The van der Waals surface area contributed by atoms with Crippen molar-refractivity contribution in [3.8, 4) is 17.4 Å². The maximum atomic E-state index is 13.8. The Balaban J connectivity index is 1.08. The van der Waals surface area contributed by atoms with Gasteiger partial charge in [-0.1, -0.05) is 0 Å². The molecular weight excluding hydrogens is 566 g/mol. The lowest BCUT2D eigenvalue weighted by Gasteiger charge is -2.57. The third kappa shape index (κ3) is 5.42. The topological polar surface area (TPSA) is 155 Å². The molecule has 43 heavy (non-hydrogen) atoms. The Kier molecular flexibility index (Phi) is 6.91. The van der Waals surface area contributed by atoms with Gasteiger partial charge in [0.15, 0.2) is 5.69 Å². The number of amides is 2. The van der Waals surface area contributed by atoms with Crippen molar-refractivity contribution < 1.29 is 37.7 Å². The Morgan fingerprint density at radius 1 is 1.14 bits per heavy atom. The molecule has 2 amide bonds. The van der Waals surface area contributed by atoms with E-state index in [9.17, 15) is 23.5 Å². The summed E-state index contributed by atoms with van der Waals surface area (Å²) in [5.74, 6) is -0.169. The number of carbonyl (C=O) groups excluding carboxylic acids is 2. The number of ether oxygens (including phenoxy) is 3. The van der Waals surface area contributed by atoms with Gasteiger partial charge in [-0.05, 0) is 69.2 Å². The van der Waals surface area contributed by atoms with Gasteiger partial charge in [0.1, 0.15) is 29.8 Å². The summed E-state index contributed by atoms with van der Waals surface area (Å²) in [6, 6.07) is 7.71. The lowest BCUT2D eigenvalue weighted by Crippen LogP contribution is -2.58. The van der Waals surface area contributed by atoms with Gasteiger partial charge in [-0.3, -0.25) is 9.59 Å². The highest BCUT2D eigenvalue weighted by molar-refractivity contribution is 6.05. The first-order valence-electron chi connectivity index (χ1n) is 13.8. The van der Waals surface area contributed by atoms with E-state index in [1.807, 2.05) is 0 Å². The molecule has 12 nitrogen and oxygen atoms in total. The fourth-order valence-corrected chi connectivity index (χ4v) is 6.05. The molecule has 2 aliphatic rings. The van der Waals surface area contributed by atoms with Gasteiger partial charge in [0.05, 0.1) is 29.9 Å². The van der Waals surface area contributed by atoms with Crippen LogP contribution in [0.4, 0.5) is 8.78 Å². The van der Waals surface area contributed by atoms with E-state index in [0.29, 0.717) is 41.6 Å². The van der Waals surface area contributed by atoms with Crippen LogP contribution in [0, 0.1) is 5.41 Å². The number of pyridine rings is 1. The minimum atomic E-state index is -2.96. The summed E-state index contributed by atoms with van der Waals surface area (Å²) in [6.45, 7) is 0.136. The van der Waals surface area contributed by atoms with Gasteiger partial charge >= 0.3 is 6.55 Å². The van der Waals surface area contributed by atoms with Crippen LogP contribution < -0.4 is 25.3 Å². The van der Waals surface area contributed by atoms with Gasteiger partial charge in [-0.25, -0.2) is 9.20 Å². The van der Waals surface area contributed by atoms with Crippen molar-refractivity contribution in [1.29, 1.82) is 0 Å². The second kappa shape index (κ2) is 10.4. The normalized spacial score (nSPS) is 21.6. The molecule has 14 heteroatoms. The number of alkyl halides is 2. The van der Waals surface area contributed by atoms with Crippen molar-refractivity contribution >= 4 is 28.2 Å². The molecule has 0 radical (unpaired) electrons. The molecule has 0 saturated heterocycles. The van der Waals surface area contributed by atoms with E-state index in [-0.39, 0.29) is 58.0 Å². The van der Waals surface area contributed by atoms with Gasteiger partial charge in [0.2, 0.25) is 5.88 Å². The van der Waals surface area contributed by atoms with Crippen LogP contribution in [0.25, 0.3) is 16.4 Å². The predicted octanol–water partition coefficient (Wildman–Crippen LogP) is 3.46. The minimum Gasteiger partial charge on any atom is -0.495 e. The molecule has 1 aromatic carbocycles. The Labute approximate surface area is 244 Å². The quantitative estimate of drug-likeness (QED) is 0.251. The van der Waals surface area contributed by atoms with Crippen LogP contribution in [0.2, 0.25) is 0 Å². The number of methoxy groups -OCH3 is 1. The molecule has 0 unspecified atom stereocenters. The van der Waals surface area contributed by atoms with Gasteiger partial charge in [0, 0.05) is 17.5 Å². The number of nitrogens with zero attached hydrogens (tertiary/aromatic N) is 4. The van der Waals surface area contributed by atoms with Crippen molar-refractivity contribution in [2.75, 3.05) is 13.7 Å². The Hall–Kier alpha value is -4.46. The van der Waals surface area contributed by atoms with E-state index in [2.05, 4.69) is 15.5 Å². The smallest absolute Gasteiger partial charge is 0.333 e. The number of halogens is 2. The third-order valence-corrected chi connectivity index (χ3v) is 8.02. The summed E-state index contributed by atoms with van der Waals surface area (Å²) in [4.78, 5) is 25.3. The number of benzene rings is 1. The van der Waals surface area contributed by atoms with Crippen molar-refractivity contribution in [2.24, 2.45) is 11.1 Å². The molecule has 4 N–H and O–H groups in total. The summed E-state index contributed by atoms with van der Waals surface area (Å²) in [6.07, 6.45) is 4.29. The number of carbonyl (C=O) groups is 2. The summed E-state index contributed by atoms with van der Waals surface area (Å²) in [5, 5.41) is 21.4. The summed E-state index contributed by atoms with van der Waals surface area (Å²) in [7, 11) is 1.53. The fourth-order valence-electron chi connectivity index (χ4n) is 6.05. The molecule has 1 spiro atoms. The van der Waals surface area contributed by atoms with Crippen LogP contribution >= 0.6 is 0 Å². The van der Waals surface area contributed by atoms with Crippen molar-refractivity contribution in [2.45, 2.75) is 63.8 Å². The molecule has 2 aliphatic carbocycles. The van der Waals surface area contributed by atoms with Crippen LogP contribution in [0.5, 0.6) is 17.4 Å². The molecule has 0 aliphatic heterocycles. The number of primary amides is 1. The average molecular weight is 599 g/mol. The highest BCUT2D eigenvalue weighted by Crippen LogP contribution is 2.57. The molecule has 6 rings (SSSR count). The molecule has 3 aromatic heterocycles. The molecule has 0 bridgehead atoms. The van der Waals surface area contributed by atoms with Crippen LogP contribution in [0.1, 0.15) is 66.9 Å². The molecule has 0 atom stereocenters. The number of nitrogens with two attached hydrogens (primary N) is 1. The second-order valence-electron chi connectivity index (χ2n) is 12.0. The number of fused-ring (bicyclic) bond motifs is 2. The monoisotopic (exact) mass is 598 g/mol. The van der Waals surface area contributed by atoms with E-state index in [4.69, 9.17) is 19.9 Å². The molecule has 2 saturated carbocycles. The number of hydrogen-bond acceptors (Lipinski definition) is 8. The molecule has 4 aromatic rings. The number of hydrogen-bond donors (Lipinski definition) is 3. The van der Waals surface area contributed by atoms with Gasteiger partial charge in [-0.2, -0.15) is 13.9 Å². The highest BCUT2D eigenvalue weighted by atomic mass is 19.3. The fraction of sp³-hybridized carbons (Fsp3) is 0.448. The van der Waals surface area contributed by atoms with E-state index in [1.54, 1.807) is 38.2 Å². The largest absolute Gasteiger partial charge is 0.495 e. The lowest BCUT2D eigenvalue weighted by atomic mass is 9.53. The molecule has 2 fully saturated rings. The third-order valence-electron chi connectivity index (χ3n) is 8.02. The molecular formula is C29H32F2N6O6. The van der Waals surface area contributed by atoms with Gasteiger partial charge in [0.25, 0.3) is 11.8 Å². The first-order valence-corrected chi connectivity index (χ1v) is 13.8.